The van der Waals surface area contributed by atoms with Crippen molar-refractivity contribution >= 4 is 11.6 Å². The number of nitrogens with zero attached hydrogens (tertiary/aromatic N) is 4. The van der Waals surface area contributed by atoms with Crippen molar-refractivity contribution in [2.45, 2.75) is 30.8 Å². The zero-order valence-corrected chi connectivity index (χ0v) is 15.6. The number of hydrogen-bond donors (Lipinski definition) is 1. The van der Waals surface area contributed by atoms with E-state index in [4.69, 9.17) is 17.3 Å². The molecule has 0 aromatic heterocycles. The normalized spacial score (nSPS) is 31.3. The minimum Gasteiger partial charge on any atom is -0.399 e. The van der Waals surface area contributed by atoms with Gasteiger partial charge >= 0.3 is 0 Å². The molecule has 0 unspecified atom stereocenters. The monoisotopic (exact) mass is 375 g/mol. The number of likely N-dealkylation sites (N-methyl/N-ethyl adjacent to an activating group) is 1. The molecule has 2 N–H and O–H groups in total. The minimum absolute atomic E-state index is 0.0476. The fourth-order valence-corrected chi connectivity index (χ4v) is 5.41. The summed E-state index contributed by atoms with van der Waals surface area (Å²) in [6.45, 7) is 0. The fraction of sp³-hybridized carbons (Fsp3) is 0.381. The smallest absolute Gasteiger partial charge is 0.191 e. The summed E-state index contributed by atoms with van der Waals surface area (Å²) >= 11 is 6.51. The molecular formula is C21H18ClN5. The first-order valence-electron chi connectivity index (χ1n) is 8.91. The van der Waals surface area contributed by atoms with Gasteiger partial charge in [0.15, 0.2) is 5.41 Å². The summed E-state index contributed by atoms with van der Waals surface area (Å²) in [6, 6.07) is 14.2. The lowest BCUT2D eigenvalue weighted by molar-refractivity contribution is 0.160. The van der Waals surface area contributed by atoms with E-state index < -0.39 is 11.3 Å². The van der Waals surface area contributed by atoms with Gasteiger partial charge in [0.2, 0.25) is 0 Å². The summed E-state index contributed by atoms with van der Waals surface area (Å²) in [7, 11) is 2.06. The Balaban J connectivity index is 2.08. The Labute approximate surface area is 163 Å². The third kappa shape index (κ3) is 2.18. The van der Waals surface area contributed by atoms with E-state index in [0.717, 1.165) is 24.0 Å². The SMILES string of the molecule is CN1[C@H]2C=C3C(C#N)=C(N)C(C#N)(C#N)[C@@H](c4ccccc4Cl)[C@H]3[C@@H]1CC2. The summed E-state index contributed by atoms with van der Waals surface area (Å²) in [5.41, 5.74) is 6.64. The molecule has 0 spiro atoms. The van der Waals surface area contributed by atoms with E-state index in [-0.39, 0.29) is 29.3 Å². The molecular weight excluding hydrogens is 358 g/mol. The number of halogens is 1. The van der Waals surface area contributed by atoms with Crippen LogP contribution < -0.4 is 5.73 Å². The molecule has 4 atom stereocenters. The van der Waals surface area contributed by atoms with E-state index in [1.807, 2.05) is 18.2 Å². The van der Waals surface area contributed by atoms with Crippen molar-refractivity contribution < 1.29 is 0 Å². The molecule has 2 heterocycles. The molecule has 2 aliphatic heterocycles. The van der Waals surface area contributed by atoms with Gasteiger partial charge in [0, 0.05) is 28.9 Å². The third-order valence-corrected chi connectivity index (χ3v) is 6.81. The largest absolute Gasteiger partial charge is 0.399 e. The van der Waals surface area contributed by atoms with Gasteiger partial charge in [-0.2, -0.15) is 15.8 Å². The lowest BCUT2D eigenvalue weighted by atomic mass is 9.56. The second kappa shape index (κ2) is 6.14. The highest BCUT2D eigenvalue weighted by molar-refractivity contribution is 6.31. The maximum Gasteiger partial charge on any atom is 0.191 e. The zero-order valence-electron chi connectivity index (χ0n) is 14.9. The highest BCUT2D eigenvalue weighted by atomic mass is 35.5. The first kappa shape index (κ1) is 17.6. The average molecular weight is 376 g/mol. The van der Waals surface area contributed by atoms with Crippen LogP contribution in [0.5, 0.6) is 0 Å². The zero-order chi connectivity index (χ0) is 19.3. The van der Waals surface area contributed by atoms with Gasteiger partial charge in [-0.1, -0.05) is 35.9 Å². The van der Waals surface area contributed by atoms with E-state index in [2.05, 4.69) is 36.2 Å². The molecule has 0 saturated carbocycles. The van der Waals surface area contributed by atoms with E-state index >= 15 is 0 Å². The predicted molar refractivity (Wildman–Crippen MR) is 101 cm³/mol. The van der Waals surface area contributed by atoms with Gasteiger partial charge in [-0.3, -0.25) is 4.90 Å². The van der Waals surface area contributed by atoms with Gasteiger partial charge in [-0.15, -0.1) is 0 Å². The maximum absolute atomic E-state index is 10.1. The number of benzene rings is 1. The number of fused-ring (bicyclic) bond motifs is 4. The lowest BCUT2D eigenvalue weighted by Crippen LogP contribution is -2.51. The summed E-state index contributed by atoms with van der Waals surface area (Å²) in [6.07, 6.45) is 4.03. The molecule has 0 amide bonds. The Morgan fingerprint density at radius 2 is 1.89 bits per heavy atom. The van der Waals surface area contributed by atoms with E-state index in [1.165, 1.54) is 0 Å². The third-order valence-electron chi connectivity index (χ3n) is 6.46. The van der Waals surface area contributed by atoms with Gasteiger partial charge in [-0.05, 0) is 37.1 Å². The molecule has 1 fully saturated rings. The number of nitriles is 3. The Bertz CT molecular complexity index is 989. The van der Waals surface area contributed by atoms with Gasteiger partial charge < -0.3 is 5.73 Å². The number of rotatable bonds is 1. The first-order valence-corrected chi connectivity index (χ1v) is 9.29. The molecule has 1 aromatic rings. The van der Waals surface area contributed by atoms with Crippen molar-refractivity contribution in [1.29, 1.82) is 15.8 Å². The van der Waals surface area contributed by atoms with Crippen molar-refractivity contribution in [1.82, 2.24) is 4.90 Å². The van der Waals surface area contributed by atoms with Crippen LogP contribution in [-0.2, 0) is 0 Å². The second-order valence-electron chi connectivity index (χ2n) is 7.46. The van der Waals surface area contributed by atoms with Crippen molar-refractivity contribution in [3.05, 3.63) is 57.8 Å². The molecule has 1 aromatic carbocycles. The van der Waals surface area contributed by atoms with Crippen molar-refractivity contribution in [2.75, 3.05) is 7.05 Å². The molecule has 2 bridgehead atoms. The average Bonchev–Trinajstić information content (AvgIpc) is 2.91. The minimum atomic E-state index is -1.63. The van der Waals surface area contributed by atoms with Gasteiger partial charge in [0.05, 0.1) is 23.4 Å². The van der Waals surface area contributed by atoms with E-state index in [0.29, 0.717) is 5.02 Å². The van der Waals surface area contributed by atoms with E-state index in [1.54, 1.807) is 6.07 Å². The highest BCUT2D eigenvalue weighted by Gasteiger charge is 2.58. The highest BCUT2D eigenvalue weighted by Crippen LogP contribution is 2.58. The number of allylic oxidation sites excluding steroid dienone is 2. The van der Waals surface area contributed by atoms with Gasteiger partial charge in [-0.25, -0.2) is 0 Å². The Morgan fingerprint density at radius 1 is 1.19 bits per heavy atom. The lowest BCUT2D eigenvalue weighted by Gasteiger charge is -2.48. The van der Waals surface area contributed by atoms with E-state index in [9.17, 15) is 15.8 Å². The van der Waals surface area contributed by atoms with Crippen LogP contribution in [0.2, 0.25) is 5.02 Å². The van der Waals surface area contributed by atoms with Crippen LogP contribution >= 0.6 is 11.6 Å². The molecule has 6 heteroatoms. The molecule has 0 radical (unpaired) electrons. The maximum atomic E-state index is 10.1. The summed E-state index contributed by atoms with van der Waals surface area (Å²) in [5, 5.41) is 30.5. The van der Waals surface area contributed by atoms with Crippen molar-refractivity contribution in [3.63, 3.8) is 0 Å². The summed E-state index contributed by atoms with van der Waals surface area (Å²) < 4.78 is 0. The standard InChI is InChI=1S/C21H18ClN5/c1-27-12-6-7-17(27)18-14(8-12)15(9-23)20(26)21(10-24,11-25)19(18)13-4-2-3-5-16(13)22/h2-5,8,12,17-19H,6-7,26H2,1H3/t12-,17+,18-,19+/m1/s1. The summed E-state index contributed by atoms with van der Waals surface area (Å²) in [5.74, 6) is -0.717. The molecule has 1 saturated heterocycles. The molecule has 5 nitrogen and oxygen atoms in total. The van der Waals surface area contributed by atoms with Crippen molar-refractivity contribution in [3.8, 4) is 18.2 Å². The molecule has 134 valence electrons. The quantitative estimate of drug-likeness (QED) is 0.812. The molecule has 1 aliphatic carbocycles. The molecule has 3 aliphatic rings. The first-order chi connectivity index (χ1) is 13.0. The van der Waals surface area contributed by atoms with Crippen LogP contribution in [0.15, 0.2) is 47.2 Å². The fourth-order valence-electron chi connectivity index (χ4n) is 5.16. The van der Waals surface area contributed by atoms with Crippen LogP contribution in [-0.4, -0.2) is 24.0 Å². The topological polar surface area (TPSA) is 101 Å². The van der Waals surface area contributed by atoms with Crippen LogP contribution in [0.1, 0.15) is 24.3 Å². The van der Waals surface area contributed by atoms with Crippen LogP contribution in [0.4, 0.5) is 0 Å². The molecule has 27 heavy (non-hydrogen) atoms. The van der Waals surface area contributed by atoms with Gasteiger partial charge in [0.25, 0.3) is 0 Å². The Kier molecular flexibility index (Phi) is 4.01. The van der Waals surface area contributed by atoms with Crippen LogP contribution in [0.3, 0.4) is 0 Å². The van der Waals surface area contributed by atoms with Crippen LogP contribution in [0, 0.1) is 45.3 Å². The van der Waals surface area contributed by atoms with Crippen LogP contribution in [0.25, 0.3) is 0 Å². The second-order valence-corrected chi connectivity index (χ2v) is 7.86. The van der Waals surface area contributed by atoms with Gasteiger partial charge in [0.1, 0.15) is 6.07 Å². The Morgan fingerprint density at radius 3 is 2.52 bits per heavy atom. The number of nitrogens with two attached hydrogens (primary N) is 1. The Hall–Kier alpha value is -2.78. The van der Waals surface area contributed by atoms with Crippen molar-refractivity contribution in [2.24, 2.45) is 17.1 Å². The molecule has 4 rings (SSSR count). The number of hydrogen-bond acceptors (Lipinski definition) is 5. The predicted octanol–water partition coefficient (Wildman–Crippen LogP) is 3.23. The summed E-state index contributed by atoms with van der Waals surface area (Å²) in [4.78, 5) is 2.29.